The minimum atomic E-state index is -1.28. The van der Waals surface area contributed by atoms with Crippen molar-refractivity contribution in [2.24, 2.45) is 11.8 Å². The highest BCUT2D eigenvalue weighted by Crippen LogP contribution is 2.54. The van der Waals surface area contributed by atoms with Gasteiger partial charge in [0.15, 0.2) is 0 Å². The van der Waals surface area contributed by atoms with Crippen LogP contribution in [0.5, 0.6) is 0 Å². The monoisotopic (exact) mass is 564 g/mol. The third kappa shape index (κ3) is 4.90. The van der Waals surface area contributed by atoms with E-state index >= 15 is 0 Å². The van der Waals surface area contributed by atoms with Crippen LogP contribution in [0.1, 0.15) is 18.9 Å². The summed E-state index contributed by atoms with van der Waals surface area (Å²) in [6.07, 6.45) is 7.47. The fourth-order valence-corrected chi connectivity index (χ4v) is 7.22. The third-order valence-corrected chi connectivity index (χ3v) is 9.35. The molecule has 5 heterocycles. The maximum absolute atomic E-state index is 14.4. The molecule has 1 aromatic carbocycles. The first-order chi connectivity index (χ1) is 20.0. The Morgan fingerprint density at radius 3 is 2.46 bits per heavy atom. The number of rotatable bonds is 8. The number of carbonyl (C=O) groups is 3. The molecule has 3 amide bonds. The molecule has 0 bridgehead atoms. The normalized spacial score (nSPS) is 32.5. The van der Waals surface area contributed by atoms with Crippen LogP contribution in [-0.2, 0) is 30.4 Å². The minimum absolute atomic E-state index is 0.147. The SMILES string of the molecule is CC[C@@H](CO)N1C(=O)[C@@H]2[C@H]3C(=O)N(Cc4ccccc4)CC=C[C@H]3O[C@@]23C=CCN(CCN2CCOCC2)C(=O)C13. The van der Waals surface area contributed by atoms with E-state index in [-0.39, 0.29) is 24.3 Å². The van der Waals surface area contributed by atoms with Gasteiger partial charge in [0.05, 0.1) is 43.8 Å². The fraction of sp³-hybridized carbons (Fsp3) is 0.581. The number of aliphatic hydroxyl groups excluding tert-OH is 1. The molecule has 10 heteroatoms. The van der Waals surface area contributed by atoms with Gasteiger partial charge in [-0.1, -0.05) is 61.6 Å². The van der Waals surface area contributed by atoms with E-state index in [4.69, 9.17) is 9.47 Å². The maximum atomic E-state index is 14.4. The summed E-state index contributed by atoms with van der Waals surface area (Å²) in [7, 11) is 0. The molecule has 0 saturated carbocycles. The highest BCUT2D eigenvalue weighted by atomic mass is 16.5. The molecular formula is C31H40N4O6. The van der Waals surface area contributed by atoms with Crippen LogP contribution in [0.2, 0.25) is 0 Å². The van der Waals surface area contributed by atoms with Crippen molar-refractivity contribution in [3.8, 4) is 0 Å². The second-order valence-corrected chi connectivity index (χ2v) is 11.6. The third-order valence-electron chi connectivity index (χ3n) is 9.35. The molecule has 1 N–H and O–H groups in total. The maximum Gasteiger partial charge on any atom is 0.249 e. The molecule has 1 aromatic rings. The summed E-state index contributed by atoms with van der Waals surface area (Å²) in [5.41, 5.74) is -0.277. The van der Waals surface area contributed by atoms with Crippen molar-refractivity contribution >= 4 is 17.7 Å². The van der Waals surface area contributed by atoms with Gasteiger partial charge in [0.2, 0.25) is 17.7 Å². The topological polar surface area (TPSA) is 103 Å². The zero-order chi connectivity index (χ0) is 28.6. The van der Waals surface area contributed by atoms with Crippen LogP contribution in [0.4, 0.5) is 0 Å². The summed E-state index contributed by atoms with van der Waals surface area (Å²) in [5.74, 6) is -2.25. The molecule has 220 valence electrons. The van der Waals surface area contributed by atoms with E-state index < -0.39 is 35.6 Å². The van der Waals surface area contributed by atoms with Crippen molar-refractivity contribution in [1.29, 1.82) is 0 Å². The minimum Gasteiger partial charge on any atom is -0.394 e. The predicted molar refractivity (Wildman–Crippen MR) is 150 cm³/mol. The van der Waals surface area contributed by atoms with Crippen molar-refractivity contribution in [3.63, 3.8) is 0 Å². The smallest absolute Gasteiger partial charge is 0.249 e. The van der Waals surface area contributed by atoms with E-state index in [1.165, 1.54) is 0 Å². The summed E-state index contributed by atoms with van der Waals surface area (Å²) < 4.78 is 12.2. The molecule has 6 atom stereocenters. The summed E-state index contributed by atoms with van der Waals surface area (Å²) in [6, 6.07) is 8.29. The number of amides is 3. The first kappa shape index (κ1) is 28.1. The highest BCUT2D eigenvalue weighted by Gasteiger charge is 2.72. The summed E-state index contributed by atoms with van der Waals surface area (Å²) in [6.45, 7) is 7.08. The highest BCUT2D eigenvalue weighted by molar-refractivity contribution is 6.00. The Bertz CT molecular complexity index is 1200. The standard InChI is InChI=1S/C31H40N4O6/c1-2-23(21-36)35-27-30(39)33(15-14-32-16-18-40-19-17-32)13-7-11-31(27)26(29(35)38)25-24(41-31)10-6-12-34(28(25)37)20-22-8-4-3-5-9-22/h3-11,23-27,36H,2,12-21H2,1H3/t23-,24+,25-,26-,27?,31-/m0/s1. The predicted octanol–water partition coefficient (Wildman–Crippen LogP) is 0.667. The summed E-state index contributed by atoms with van der Waals surface area (Å²) in [5, 5.41) is 10.3. The van der Waals surface area contributed by atoms with Gasteiger partial charge in [-0.2, -0.15) is 0 Å². The molecule has 6 rings (SSSR count). The van der Waals surface area contributed by atoms with Crippen molar-refractivity contribution in [1.82, 2.24) is 19.6 Å². The van der Waals surface area contributed by atoms with Gasteiger partial charge < -0.3 is 29.3 Å². The molecular weight excluding hydrogens is 524 g/mol. The molecule has 5 aliphatic heterocycles. The zero-order valence-electron chi connectivity index (χ0n) is 23.6. The molecule has 5 aliphatic rings. The quantitative estimate of drug-likeness (QED) is 0.463. The number of fused-ring (bicyclic) bond motifs is 2. The lowest BCUT2D eigenvalue weighted by Gasteiger charge is -2.38. The molecule has 1 unspecified atom stereocenters. The van der Waals surface area contributed by atoms with Gasteiger partial charge in [0.25, 0.3) is 0 Å². The summed E-state index contributed by atoms with van der Waals surface area (Å²) in [4.78, 5) is 50.3. The second-order valence-electron chi connectivity index (χ2n) is 11.6. The number of morpholine rings is 1. The van der Waals surface area contributed by atoms with E-state index in [0.717, 1.165) is 18.7 Å². The van der Waals surface area contributed by atoms with Gasteiger partial charge in [0.1, 0.15) is 11.6 Å². The first-order valence-corrected chi connectivity index (χ1v) is 14.8. The number of likely N-dealkylation sites (tertiary alicyclic amines) is 1. The molecule has 41 heavy (non-hydrogen) atoms. The van der Waals surface area contributed by atoms with E-state index in [2.05, 4.69) is 4.90 Å². The van der Waals surface area contributed by atoms with Gasteiger partial charge >= 0.3 is 0 Å². The largest absolute Gasteiger partial charge is 0.394 e. The lowest BCUT2D eigenvalue weighted by atomic mass is 9.77. The van der Waals surface area contributed by atoms with Crippen LogP contribution in [0.25, 0.3) is 0 Å². The lowest BCUT2D eigenvalue weighted by Crippen LogP contribution is -2.58. The molecule has 3 fully saturated rings. The van der Waals surface area contributed by atoms with Crippen molar-refractivity contribution in [2.45, 2.75) is 43.7 Å². The van der Waals surface area contributed by atoms with E-state index in [9.17, 15) is 19.5 Å². The molecule has 10 nitrogen and oxygen atoms in total. The number of ether oxygens (including phenoxy) is 2. The van der Waals surface area contributed by atoms with Crippen molar-refractivity contribution in [2.75, 3.05) is 59.1 Å². The number of aliphatic hydroxyl groups is 1. The Morgan fingerprint density at radius 1 is 0.976 bits per heavy atom. The van der Waals surface area contributed by atoms with E-state index in [1.807, 2.05) is 61.6 Å². The average Bonchev–Trinajstić information content (AvgIpc) is 3.32. The number of carbonyl (C=O) groups excluding carboxylic acids is 3. The molecule has 0 aliphatic carbocycles. The van der Waals surface area contributed by atoms with Gasteiger partial charge in [-0.25, -0.2) is 0 Å². The zero-order valence-corrected chi connectivity index (χ0v) is 23.6. The van der Waals surface area contributed by atoms with Crippen LogP contribution >= 0.6 is 0 Å². The van der Waals surface area contributed by atoms with Gasteiger partial charge in [0, 0.05) is 45.8 Å². The Morgan fingerprint density at radius 2 is 1.73 bits per heavy atom. The van der Waals surface area contributed by atoms with Crippen LogP contribution in [0.3, 0.4) is 0 Å². The van der Waals surface area contributed by atoms with Crippen LogP contribution in [0, 0.1) is 11.8 Å². The van der Waals surface area contributed by atoms with Crippen LogP contribution in [-0.4, -0.2) is 125 Å². The Labute approximate surface area is 241 Å². The Hall–Kier alpha value is -3.05. The molecule has 3 saturated heterocycles. The van der Waals surface area contributed by atoms with Crippen LogP contribution in [0.15, 0.2) is 54.6 Å². The van der Waals surface area contributed by atoms with Crippen molar-refractivity contribution < 1.29 is 29.0 Å². The number of benzene rings is 1. The second kappa shape index (κ2) is 11.7. The number of nitrogens with zero attached hydrogens (tertiary/aromatic N) is 4. The summed E-state index contributed by atoms with van der Waals surface area (Å²) >= 11 is 0. The van der Waals surface area contributed by atoms with Crippen LogP contribution < -0.4 is 0 Å². The number of hydrogen-bond donors (Lipinski definition) is 1. The van der Waals surface area contributed by atoms with E-state index in [1.54, 1.807) is 14.7 Å². The molecule has 1 spiro atoms. The van der Waals surface area contributed by atoms with Gasteiger partial charge in [-0.3, -0.25) is 19.3 Å². The fourth-order valence-electron chi connectivity index (χ4n) is 7.22. The van der Waals surface area contributed by atoms with Gasteiger partial charge in [-0.05, 0) is 12.0 Å². The van der Waals surface area contributed by atoms with Crippen molar-refractivity contribution in [3.05, 3.63) is 60.2 Å². The Kier molecular flexibility index (Phi) is 8.00. The van der Waals surface area contributed by atoms with E-state index in [0.29, 0.717) is 52.4 Å². The lowest BCUT2D eigenvalue weighted by molar-refractivity contribution is -0.151. The van der Waals surface area contributed by atoms with Gasteiger partial charge in [-0.15, -0.1) is 0 Å². The average molecular weight is 565 g/mol. The first-order valence-electron chi connectivity index (χ1n) is 14.8. The number of hydrogen-bond acceptors (Lipinski definition) is 7. The molecule has 0 aromatic heterocycles. The Balaban J connectivity index is 1.33. The molecule has 0 radical (unpaired) electrons.